The summed E-state index contributed by atoms with van der Waals surface area (Å²) in [7, 11) is 0. The molecule has 1 amide bonds. The maximum absolute atomic E-state index is 13.7. The van der Waals surface area contributed by atoms with Gasteiger partial charge in [0, 0.05) is 25.6 Å². The molecular formula is C14H16ClFIN3O. The Morgan fingerprint density at radius 2 is 2.29 bits per heavy atom. The zero-order valence-electron chi connectivity index (χ0n) is 11.6. The SMILES string of the molecule is CCCNC(=O)CCn1c(CCl)nc2cc(I)c(F)cc21. The van der Waals surface area contributed by atoms with Gasteiger partial charge in [-0.15, -0.1) is 11.6 Å². The Labute approximate surface area is 141 Å². The van der Waals surface area contributed by atoms with Gasteiger partial charge in [0.2, 0.25) is 5.91 Å². The molecule has 1 N–H and O–H groups in total. The third-order valence-electron chi connectivity index (χ3n) is 3.12. The Balaban J connectivity index is 2.25. The fourth-order valence-electron chi connectivity index (χ4n) is 2.09. The van der Waals surface area contributed by atoms with Crippen LogP contribution in [0.15, 0.2) is 12.1 Å². The van der Waals surface area contributed by atoms with Gasteiger partial charge in [0.05, 0.1) is 20.5 Å². The van der Waals surface area contributed by atoms with Crippen molar-refractivity contribution >= 4 is 51.1 Å². The number of amides is 1. The van der Waals surface area contributed by atoms with Crippen LogP contribution in [0.25, 0.3) is 11.0 Å². The first kappa shape index (κ1) is 16.5. The smallest absolute Gasteiger partial charge is 0.221 e. The number of benzene rings is 1. The van der Waals surface area contributed by atoms with Crippen LogP contribution in [0.1, 0.15) is 25.6 Å². The van der Waals surface area contributed by atoms with E-state index in [0.717, 1.165) is 6.42 Å². The molecular weight excluding hydrogens is 408 g/mol. The number of aromatic nitrogens is 2. The van der Waals surface area contributed by atoms with Crippen molar-refractivity contribution in [2.45, 2.75) is 32.2 Å². The van der Waals surface area contributed by atoms with Crippen LogP contribution < -0.4 is 5.32 Å². The zero-order chi connectivity index (χ0) is 15.4. The highest BCUT2D eigenvalue weighted by molar-refractivity contribution is 14.1. The van der Waals surface area contributed by atoms with Crippen LogP contribution in [-0.2, 0) is 17.2 Å². The van der Waals surface area contributed by atoms with Crippen molar-refractivity contribution in [2.24, 2.45) is 0 Å². The minimum Gasteiger partial charge on any atom is -0.356 e. The van der Waals surface area contributed by atoms with Gasteiger partial charge >= 0.3 is 0 Å². The lowest BCUT2D eigenvalue weighted by molar-refractivity contribution is -0.121. The molecule has 0 aliphatic rings. The Hall–Kier alpha value is -0.890. The second-order valence-corrected chi connectivity index (χ2v) is 6.10. The first-order valence-corrected chi connectivity index (χ1v) is 8.35. The van der Waals surface area contributed by atoms with Crippen LogP contribution in [0, 0.1) is 9.39 Å². The molecule has 0 saturated carbocycles. The molecule has 1 aromatic carbocycles. The van der Waals surface area contributed by atoms with Crippen molar-refractivity contribution in [3.63, 3.8) is 0 Å². The molecule has 4 nitrogen and oxygen atoms in total. The van der Waals surface area contributed by atoms with E-state index in [4.69, 9.17) is 11.6 Å². The molecule has 7 heteroatoms. The summed E-state index contributed by atoms with van der Waals surface area (Å²) in [5.74, 6) is 0.561. The van der Waals surface area contributed by atoms with E-state index in [1.165, 1.54) is 6.07 Å². The van der Waals surface area contributed by atoms with E-state index in [1.54, 1.807) is 6.07 Å². The number of fused-ring (bicyclic) bond motifs is 1. The molecule has 21 heavy (non-hydrogen) atoms. The van der Waals surface area contributed by atoms with Crippen molar-refractivity contribution in [1.82, 2.24) is 14.9 Å². The van der Waals surface area contributed by atoms with Crippen LogP contribution in [0.2, 0.25) is 0 Å². The van der Waals surface area contributed by atoms with Crippen LogP contribution in [0.4, 0.5) is 4.39 Å². The molecule has 1 heterocycles. The van der Waals surface area contributed by atoms with Crippen LogP contribution >= 0.6 is 34.2 Å². The normalized spacial score (nSPS) is 11.0. The minimum atomic E-state index is -0.291. The number of hydrogen-bond acceptors (Lipinski definition) is 2. The second-order valence-electron chi connectivity index (χ2n) is 4.67. The van der Waals surface area contributed by atoms with E-state index in [9.17, 15) is 9.18 Å². The number of carbonyl (C=O) groups is 1. The Bertz CT molecular complexity index is 659. The number of nitrogens with one attached hydrogen (secondary N) is 1. The number of hydrogen-bond donors (Lipinski definition) is 1. The van der Waals surface area contributed by atoms with Crippen molar-refractivity contribution in [2.75, 3.05) is 6.54 Å². The van der Waals surface area contributed by atoms with Crippen molar-refractivity contribution in [1.29, 1.82) is 0 Å². The minimum absolute atomic E-state index is 0.0230. The van der Waals surface area contributed by atoms with Gasteiger partial charge in [-0.3, -0.25) is 4.79 Å². The summed E-state index contributed by atoms with van der Waals surface area (Å²) in [6.07, 6.45) is 1.22. The number of carbonyl (C=O) groups excluding carboxylic acids is 1. The molecule has 0 atom stereocenters. The summed E-state index contributed by atoms with van der Waals surface area (Å²) in [6.45, 7) is 3.10. The standard InChI is InChI=1S/C14H16ClFIN3O/c1-2-4-18-14(21)3-5-20-12-6-9(16)10(17)7-11(12)19-13(20)8-15/h6-7H,2-5,8H2,1H3,(H,18,21). The summed E-state index contributed by atoms with van der Waals surface area (Å²) in [6, 6.07) is 3.14. The number of aryl methyl sites for hydroxylation is 1. The Kier molecular flexibility index (Phi) is 5.80. The fraction of sp³-hybridized carbons (Fsp3) is 0.429. The maximum Gasteiger partial charge on any atom is 0.221 e. The first-order chi connectivity index (χ1) is 10.1. The highest BCUT2D eigenvalue weighted by Crippen LogP contribution is 2.23. The maximum atomic E-state index is 13.7. The lowest BCUT2D eigenvalue weighted by Crippen LogP contribution is -2.25. The van der Waals surface area contributed by atoms with Crippen molar-refractivity contribution in [3.8, 4) is 0 Å². The number of nitrogens with zero attached hydrogens (tertiary/aromatic N) is 2. The predicted molar refractivity (Wildman–Crippen MR) is 89.9 cm³/mol. The Morgan fingerprint density at radius 3 is 2.95 bits per heavy atom. The van der Waals surface area contributed by atoms with Gasteiger partial charge in [-0.2, -0.15) is 0 Å². The van der Waals surface area contributed by atoms with Gasteiger partial charge in [0.1, 0.15) is 11.6 Å². The molecule has 0 fully saturated rings. The average Bonchev–Trinajstić information content (AvgIpc) is 2.80. The van der Waals surface area contributed by atoms with E-state index in [0.29, 0.717) is 39.9 Å². The molecule has 0 bridgehead atoms. The molecule has 114 valence electrons. The molecule has 2 rings (SSSR count). The molecule has 0 spiro atoms. The molecule has 0 radical (unpaired) electrons. The fourth-order valence-corrected chi connectivity index (χ4v) is 2.74. The average molecular weight is 424 g/mol. The van der Waals surface area contributed by atoms with Crippen LogP contribution in [0.5, 0.6) is 0 Å². The summed E-state index contributed by atoms with van der Waals surface area (Å²) < 4.78 is 16.1. The lowest BCUT2D eigenvalue weighted by Gasteiger charge is -2.08. The largest absolute Gasteiger partial charge is 0.356 e. The van der Waals surface area contributed by atoms with Gasteiger partial charge in [0.25, 0.3) is 0 Å². The highest BCUT2D eigenvalue weighted by Gasteiger charge is 2.13. The molecule has 0 unspecified atom stereocenters. The van der Waals surface area contributed by atoms with Crippen molar-refractivity contribution in [3.05, 3.63) is 27.3 Å². The van der Waals surface area contributed by atoms with E-state index in [2.05, 4.69) is 10.3 Å². The van der Waals surface area contributed by atoms with Gasteiger partial charge in [0.15, 0.2) is 0 Å². The van der Waals surface area contributed by atoms with E-state index in [1.807, 2.05) is 34.1 Å². The molecule has 1 aromatic heterocycles. The number of rotatable bonds is 6. The third-order valence-corrected chi connectivity index (χ3v) is 4.19. The van der Waals surface area contributed by atoms with E-state index in [-0.39, 0.29) is 17.6 Å². The molecule has 0 aliphatic carbocycles. The quantitative estimate of drug-likeness (QED) is 0.572. The number of imidazole rings is 1. The Morgan fingerprint density at radius 1 is 1.52 bits per heavy atom. The van der Waals surface area contributed by atoms with E-state index < -0.39 is 0 Å². The van der Waals surface area contributed by atoms with Gasteiger partial charge in [-0.05, 0) is 35.1 Å². The summed E-state index contributed by atoms with van der Waals surface area (Å²) in [4.78, 5) is 16.1. The first-order valence-electron chi connectivity index (χ1n) is 6.73. The highest BCUT2D eigenvalue weighted by atomic mass is 127. The lowest BCUT2D eigenvalue weighted by atomic mass is 10.3. The van der Waals surface area contributed by atoms with Crippen molar-refractivity contribution < 1.29 is 9.18 Å². The summed E-state index contributed by atoms with van der Waals surface area (Å²) in [5.41, 5.74) is 1.37. The second kappa shape index (κ2) is 7.40. The van der Waals surface area contributed by atoms with Gasteiger partial charge in [-0.1, -0.05) is 6.92 Å². The van der Waals surface area contributed by atoms with Gasteiger partial charge < -0.3 is 9.88 Å². The van der Waals surface area contributed by atoms with Crippen LogP contribution in [-0.4, -0.2) is 22.0 Å². The predicted octanol–water partition coefficient (Wildman–Crippen LogP) is 3.44. The topological polar surface area (TPSA) is 46.9 Å². The zero-order valence-corrected chi connectivity index (χ0v) is 14.5. The summed E-state index contributed by atoms with van der Waals surface area (Å²) >= 11 is 7.83. The third kappa shape index (κ3) is 3.85. The molecule has 0 aliphatic heterocycles. The van der Waals surface area contributed by atoms with Crippen LogP contribution in [0.3, 0.4) is 0 Å². The van der Waals surface area contributed by atoms with E-state index >= 15 is 0 Å². The molecule has 0 saturated heterocycles. The summed E-state index contributed by atoms with van der Waals surface area (Å²) in [5, 5.41) is 2.82. The number of alkyl halides is 1. The monoisotopic (exact) mass is 423 g/mol. The molecule has 2 aromatic rings. The van der Waals surface area contributed by atoms with Gasteiger partial charge in [-0.25, -0.2) is 9.37 Å². The number of halogens is 3.